The standard InChI is InChI=1S/C35H51N3O5Si/c1-34(2,3)32-26-19-25-27(36-21-23-15-16-24(41-8)18-31(23)42-9)14-12-13-17-38(33(39)40)29(25)20-28(26)37(7)30(32)22-43-44(10,11)35(4,5)6/h15-16,18-20H,12-14,17,21-22H2,1-11H3,(H,39,40). The van der Waals surface area contributed by atoms with Crippen LogP contribution in [-0.2, 0) is 30.0 Å². The number of hydrogen-bond donors (Lipinski definition) is 1. The molecule has 0 spiro atoms. The van der Waals surface area contributed by atoms with Crippen LogP contribution in [0.25, 0.3) is 10.9 Å². The Hall–Kier alpha value is -3.30. The summed E-state index contributed by atoms with van der Waals surface area (Å²) >= 11 is 0. The molecule has 1 N–H and O–H groups in total. The Bertz CT molecular complexity index is 1560. The van der Waals surface area contributed by atoms with Gasteiger partial charge in [-0.2, -0.15) is 0 Å². The van der Waals surface area contributed by atoms with Gasteiger partial charge in [-0.05, 0) is 72.6 Å². The van der Waals surface area contributed by atoms with E-state index in [1.165, 1.54) is 10.5 Å². The maximum atomic E-state index is 12.6. The number of ether oxygens (including phenoxy) is 2. The first-order valence-electron chi connectivity index (χ1n) is 15.5. The number of fused-ring (bicyclic) bond motifs is 2. The van der Waals surface area contributed by atoms with Crippen LogP contribution in [0.15, 0.2) is 35.3 Å². The number of amides is 1. The minimum Gasteiger partial charge on any atom is -0.497 e. The molecule has 0 unspecified atom stereocenters. The number of aliphatic imine (C=N–C) groups is 1. The molecule has 240 valence electrons. The average Bonchev–Trinajstić information content (AvgIpc) is 3.21. The normalized spacial score (nSPS) is 15.7. The zero-order chi connectivity index (χ0) is 32.6. The predicted octanol–water partition coefficient (Wildman–Crippen LogP) is 8.67. The number of hydrogen-bond acceptors (Lipinski definition) is 5. The topological polar surface area (TPSA) is 85.5 Å². The zero-order valence-corrected chi connectivity index (χ0v) is 29.6. The van der Waals surface area contributed by atoms with Gasteiger partial charge < -0.3 is 23.6 Å². The number of carbonyl (C=O) groups is 1. The molecular weight excluding hydrogens is 570 g/mol. The molecule has 8 nitrogen and oxygen atoms in total. The highest BCUT2D eigenvalue weighted by Crippen LogP contribution is 2.42. The maximum Gasteiger partial charge on any atom is 0.411 e. The quantitative estimate of drug-likeness (QED) is 0.267. The van der Waals surface area contributed by atoms with Crippen LogP contribution in [0.1, 0.15) is 83.2 Å². The SMILES string of the molecule is COc1ccc(CN=C2CCCCN(C(=O)O)c3cc4c(cc32)c(C(C)(C)C)c(CO[Si](C)(C)C(C)(C)C)n4C)c(OC)c1. The summed E-state index contributed by atoms with van der Waals surface area (Å²) in [4.78, 5) is 19.2. The van der Waals surface area contributed by atoms with Crippen LogP contribution < -0.4 is 14.4 Å². The lowest BCUT2D eigenvalue weighted by molar-refractivity contribution is 0.201. The zero-order valence-electron chi connectivity index (χ0n) is 28.6. The number of aromatic nitrogens is 1. The molecule has 0 aliphatic carbocycles. The molecule has 44 heavy (non-hydrogen) atoms. The highest BCUT2D eigenvalue weighted by Gasteiger charge is 2.38. The lowest BCUT2D eigenvalue weighted by Crippen LogP contribution is -2.40. The van der Waals surface area contributed by atoms with Crippen LogP contribution in [0.2, 0.25) is 18.1 Å². The van der Waals surface area contributed by atoms with Gasteiger partial charge in [0.05, 0.1) is 38.6 Å². The highest BCUT2D eigenvalue weighted by atomic mass is 28.4. The third-order valence-electron chi connectivity index (χ3n) is 9.38. The van der Waals surface area contributed by atoms with Crippen molar-refractivity contribution < 1.29 is 23.8 Å². The second-order valence-electron chi connectivity index (χ2n) is 14.4. The molecule has 1 amide bonds. The Balaban J connectivity index is 1.93. The van der Waals surface area contributed by atoms with Crippen molar-refractivity contribution in [3.05, 3.63) is 52.7 Å². The van der Waals surface area contributed by atoms with E-state index in [4.69, 9.17) is 18.9 Å². The molecule has 0 atom stereocenters. The van der Waals surface area contributed by atoms with E-state index in [2.05, 4.69) is 78.4 Å². The fourth-order valence-corrected chi connectivity index (χ4v) is 6.72. The predicted molar refractivity (Wildman–Crippen MR) is 183 cm³/mol. The summed E-state index contributed by atoms with van der Waals surface area (Å²) in [6, 6.07) is 9.99. The fourth-order valence-electron chi connectivity index (χ4n) is 5.79. The Morgan fingerprint density at radius 1 is 1.02 bits per heavy atom. The smallest absolute Gasteiger partial charge is 0.411 e. The van der Waals surface area contributed by atoms with Crippen molar-refractivity contribution in [2.45, 2.75) is 97.5 Å². The Morgan fingerprint density at radius 3 is 2.32 bits per heavy atom. The minimum atomic E-state index is -2.01. The highest BCUT2D eigenvalue weighted by molar-refractivity contribution is 6.74. The second kappa shape index (κ2) is 12.6. The van der Waals surface area contributed by atoms with Crippen molar-refractivity contribution in [1.29, 1.82) is 0 Å². The van der Waals surface area contributed by atoms with Gasteiger partial charge >= 0.3 is 6.09 Å². The van der Waals surface area contributed by atoms with Gasteiger partial charge in [-0.1, -0.05) is 41.5 Å². The van der Waals surface area contributed by atoms with E-state index < -0.39 is 14.4 Å². The third kappa shape index (κ3) is 6.69. The molecular formula is C35H51N3O5Si. The maximum absolute atomic E-state index is 12.6. The molecule has 0 saturated heterocycles. The van der Waals surface area contributed by atoms with Crippen molar-refractivity contribution in [1.82, 2.24) is 4.57 Å². The summed E-state index contributed by atoms with van der Waals surface area (Å²) in [5.41, 5.74) is 6.62. The summed E-state index contributed by atoms with van der Waals surface area (Å²) < 4.78 is 20.0. The first-order chi connectivity index (χ1) is 20.5. The Morgan fingerprint density at radius 2 is 1.73 bits per heavy atom. The van der Waals surface area contributed by atoms with Crippen LogP contribution in [-0.4, -0.2) is 50.6 Å². The molecule has 2 heterocycles. The average molecular weight is 622 g/mol. The first-order valence-corrected chi connectivity index (χ1v) is 18.5. The van der Waals surface area contributed by atoms with E-state index in [1.807, 2.05) is 18.2 Å². The summed E-state index contributed by atoms with van der Waals surface area (Å²) in [6.45, 7) is 19.4. The number of carboxylic acid groups (broad SMARTS) is 1. The van der Waals surface area contributed by atoms with Gasteiger partial charge in [0, 0.05) is 47.6 Å². The number of nitrogens with zero attached hydrogens (tertiary/aromatic N) is 3. The van der Waals surface area contributed by atoms with Crippen molar-refractivity contribution in [3.8, 4) is 11.5 Å². The van der Waals surface area contributed by atoms with Crippen molar-refractivity contribution in [2.24, 2.45) is 12.0 Å². The molecule has 1 aromatic heterocycles. The molecule has 0 radical (unpaired) electrons. The molecule has 1 aliphatic heterocycles. The van der Waals surface area contributed by atoms with E-state index in [9.17, 15) is 9.90 Å². The summed E-state index contributed by atoms with van der Waals surface area (Å²) in [5, 5.41) is 11.5. The van der Waals surface area contributed by atoms with Crippen LogP contribution >= 0.6 is 0 Å². The molecule has 1 aliphatic rings. The van der Waals surface area contributed by atoms with Gasteiger partial charge in [-0.15, -0.1) is 0 Å². The van der Waals surface area contributed by atoms with E-state index in [1.54, 1.807) is 14.2 Å². The van der Waals surface area contributed by atoms with Gasteiger partial charge in [0.25, 0.3) is 0 Å². The monoisotopic (exact) mass is 621 g/mol. The molecule has 4 rings (SSSR count). The number of benzene rings is 2. The van der Waals surface area contributed by atoms with Crippen molar-refractivity contribution in [2.75, 3.05) is 25.7 Å². The molecule has 9 heteroatoms. The van der Waals surface area contributed by atoms with Crippen molar-refractivity contribution in [3.63, 3.8) is 0 Å². The summed E-state index contributed by atoms with van der Waals surface area (Å²) in [5.74, 6) is 1.44. The lowest BCUT2D eigenvalue weighted by Gasteiger charge is -2.36. The van der Waals surface area contributed by atoms with Gasteiger partial charge in [-0.3, -0.25) is 9.89 Å². The van der Waals surface area contributed by atoms with Crippen LogP contribution in [0.5, 0.6) is 11.5 Å². The number of methoxy groups -OCH3 is 2. The number of aryl methyl sites for hydroxylation is 1. The van der Waals surface area contributed by atoms with Crippen LogP contribution in [0.4, 0.5) is 10.5 Å². The number of rotatable bonds is 7. The molecule has 0 saturated carbocycles. The van der Waals surface area contributed by atoms with E-state index in [-0.39, 0.29) is 10.5 Å². The third-order valence-corrected chi connectivity index (χ3v) is 13.9. The molecule has 0 bridgehead atoms. The molecule has 3 aromatic rings. The largest absolute Gasteiger partial charge is 0.497 e. The van der Waals surface area contributed by atoms with E-state index in [0.29, 0.717) is 31.1 Å². The second-order valence-corrected chi connectivity index (χ2v) is 19.2. The summed E-state index contributed by atoms with van der Waals surface area (Å²) in [6.07, 6.45) is 1.44. The van der Waals surface area contributed by atoms with Crippen LogP contribution in [0, 0.1) is 0 Å². The Kier molecular flexibility index (Phi) is 9.62. The first kappa shape index (κ1) is 33.6. The van der Waals surface area contributed by atoms with Gasteiger partial charge in [0.2, 0.25) is 0 Å². The van der Waals surface area contributed by atoms with E-state index in [0.717, 1.165) is 58.4 Å². The van der Waals surface area contributed by atoms with Gasteiger partial charge in [0.15, 0.2) is 8.32 Å². The van der Waals surface area contributed by atoms with Gasteiger partial charge in [0.1, 0.15) is 11.5 Å². The molecule has 2 aromatic carbocycles. The van der Waals surface area contributed by atoms with Crippen LogP contribution in [0.3, 0.4) is 0 Å². The van der Waals surface area contributed by atoms with Gasteiger partial charge in [-0.25, -0.2) is 4.79 Å². The summed E-state index contributed by atoms with van der Waals surface area (Å²) in [7, 11) is 3.35. The molecule has 0 fully saturated rings. The lowest BCUT2D eigenvalue weighted by atomic mass is 9.84. The van der Waals surface area contributed by atoms with Crippen molar-refractivity contribution >= 4 is 36.7 Å². The van der Waals surface area contributed by atoms with E-state index >= 15 is 0 Å². The fraction of sp³-hybridized carbons (Fsp3) is 0.543. The Labute approximate surface area is 264 Å². The minimum absolute atomic E-state index is 0.0923. The number of anilines is 1.